The van der Waals surface area contributed by atoms with Crippen LogP contribution in [-0.2, 0) is 11.3 Å². The zero-order valence-corrected chi connectivity index (χ0v) is 19.5. The van der Waals surface area contributed by atoms with Gasteiger partial charge in [0.05, 0.1) is 17.7 Å². The Kier molecular flexibility index (Phi) is 6.25. The standard InChI is InChI=1S/C26H36N4O3/c31-22(9-8-20-6-2-1-3-7-20)29-17-13-26(33,25(18-29)11-4-5-12-25)19-30-16-10-21-23(24(30)32)28-15-14-27-21/h10,14-16,20,33H,1-9,11-13,17-19H2. The van der Waals surface area contributed by atoms with E-state index in [1.165, 1.54) is 38.3 Å². The molecule has 2 aliphatic carbocycles. The van der Waals surface area contributed by atoms with Gasteiger partial charge in [-0.05, 0) is 37.7 Å². The molecule has 3 aliphatic rings. The summed E-state index contributed by atoms with van der Waals surface area (Å²) in [7, 11) is 0. The number of fused-ring (bicyclic) bond motifs is 1. The van der Waals surface area contributed by atoms with Gasteiger partial charge in [0.25, 0.3) is 5.56 Å². The van der Waals surface area contributed by atoms with Crippen molar-refractivity contribution in [1.82, 2.24) is 19.4 Å². The third-order valence-electron chi connectivity index (χ3n) is 8.71. The monoisotopic (exact) mass is 452 g/mol. The van der Waals surface area contributed by atoms with Crippen LogP contribution < -0.4 is 5.56 Å². The summed E-state index contributed by atoms with van der Waals surface area (Å²) in [5.74, 6) is 0.944. The smallest absolute Gasteiger partial charge is 0.278 e. The van der Waals surface area contributed by atoms with Crippen LogP contribution in [-0.4, -0.2) is 49.1 Å². The topological polar surface area (TPSA) is 88.3 Å². The second kappa shape index (κ2) is 9.16. The SMILES string of the molecule is O=C(CCC1CCCCC1)N1CCC(O)(Cn2ccc3nccnc3c2=O)C2(CCCC2)C1. The summed E-state index contributed by atoms with van der Waals surface area (Å²) in [6.07, 6.45) is 17.4. The number of carbonyl (C=O) groups is 1. The van der Waals surface area contributed by atoms with Crippen LogP contribution in [0.1, 0.15) is 77.0 Å². The molecule has 0 bridgehead atoms. The molecule has 1 atom stereocenters. The fourth-order valence-corrected chi connectivity index (χ4v) is 6.68. The van der Waals surface area contributed by atoms with E-state index in [0.717, 1.165) is 32.1 Å². The first-order valence-electron chi connectivity index (χ1n) is 12.8. The summed E-state index contributed by atoms with van der Waals surface area (Å²) in [4.78, 5) is 36.6. The second-order valence-corrected chi connectivity index (χ2v) is 10.7. The lowest BCUT2D eigenvalue weighted by atomic mass is 9.65. The molecule has 5 rings (SSSR count). The highest BCUT2D eigenvalue weighted by Gasteiger charge is 2.55. The number of likely N-dealkylation sites (tertiary alicyclic amines) is 1. The lowest BCUT2D eigenvalue weighted by Crippen LogP contribution is -2.62. The number of piperidine rings is 1. The van der Waals surface area contributed by atoms with E-state index in [4.69, 9.17) is 0 Å². The summed E-state index contributed by atoms with van der Waals surface area (Å²) in [5.41, 5.74) is -0.668. The first-order valence-corrected chi connectivity index (χ1v) is 12.8. The highest BCUT2D eigenvalue weighted by atomic mass is 16.3. The summed E-state index contributed by atoms with van der Waals surface area (Å²) in [6.45, 7) is 1.40. The van der Waals surface area contributed by atoms with Gasteiger partial charge in [0.1, 0.15) is 0 Å². The molecule has 3 fully saturated rings. The Morgan fingerprint density at radius 1 is 1.06 bits per heavy atom. The molecular formula is C26H36N4O3. The third kappa shape index (κ3) is 4.32. The average molecular weight is 453 g/mol. The molecule has 3 heterocycles. The summed E-state index contributed by atoms with van der Waals surface area (Å²) in [5, 5.41) is 12.0. The number of hydrogen-bond donors (Lipinski definition) is 1. The molecule has 2 aromatic heterocycles. The van der Waals surface area contributed by atoms with Crippen LogP contribution in [0.15, 0.2) is 29.5 Å². The zero-order valence-electron chi connectivity index (χ0n) is 19.5. The molecule has 1 amide bonds. The van der Waals surface area contributed by atoms with Gasteiger partial charge in [0.2, 0.25) is 5.91 Å². The van der Waals surface area contributed by atoms with Gasteiger partial charge in [0, 0.05) is 43.5 Å². The van der Waals surface area contributed by atoms with Crippen molar-refractivity contribution in [2.24, 2.45) is 11.3 Å². The van der Waals surface area contributed by atoms with Gasteiger partial charge in [0.15, 0.2) is 5.52 Å². The summed E-state index contributed by atoms with van der Waals surface area (Å²) < 4.78 is 1.59. The Hall–Kier alpha value is -2.28. The lowest BCUT2D eigenvalue weighted by molar-refractivity contribution is -0.160. The molecule has 7 heteroatoms. The van der Waals surface area contributed by atoms with E-state index in [2.05, 4.69) is 9.97 Å². The Morgan fingerprint density at radius 3 is 2.61 bits per heavy atom. The maximum Gasteiger partial charge on any atom is 0.278 e. The molecule has 1 spiro atoms. The van der Waals surface area contributed by atoms with E-state index >= 15 is 0 Å². The quantitative estimate of drug-likeness (QED) is 0.748. The molecule has 1 saturated heterocycles. The van der Waals surface area contributed by atoms with Crippen LogP contribution in [0.2, 0.25) is 0 Å². The fourth-order valence-electron chi connectivity index (χ4n) is 6.68. The van der Waals surface area contributed by atoms with E-state index in [1.54, 1.807) is 23.0 Å². The summed E-state index contributed by atoms with van der Waals surface area (Å²) in [6, 6.07) is 1.79. The van der Waals surface area contributed by atoms with E-state index in [0.29, 0.717) is 42.9 Å². The first kappa shape index (κ1) is 22.5. The molecular weight excluding hydrogens is 416 g/mol. The Bertz CT molecular complexity index is 1050. The minimum Gasteiger partial charge on any atom is -0.387 e. The number of amides is 1. The third-order valence-corrected chi connectivity index (χ3v) is 8.71. The zero-order chi connectivity index (χ0) is 22.9. The molecule has 1 aliphatic heterocycles. The molecule has 33 heavy (non-hydrogen) atoms. The van der Waals surface area contributed by atoms with Crippen molar-refractivity contribution in [3.63, 3.8) is 0 Å². The van der Waals surface area contributed by atoms with Gasteiger partial charge in [-0.2, -0.15) is 0 Å². The van der Waals surface area contributed by atoms with Crippen LogP contribution in [0, 0.1) is 11.3 Å². The number of hydrogen-bond acceptors (Lipinski definition) is 5. The Morgan fingerprint density at radius 2 is 1.82 bits per heavy atom. The van der Waals surface area contributed by atoms with Crippen molar-refractivity contribution in [3.05, 3.63) is 35.0 Å². The molecule has 1 N–H and O–H groups in total. The highest BCUT2D eigenvalue weighted by molar-refractivity contribution is 5.76. The Labute approximate surface area is 195 Å². The molecule has 7 nitrogen and oxygen atoms in total. The summed E-state index contributed by atoms with van der Waals surface area (Å²) >= 11 is 0. The van der Waals surface area contributed by atoms with Crippen LogP contribution in [0.25, 0.3) is 11.0 Å². The minimum atomic E-state index is -1.01. The van der Waals surface area contributed by atoms with Gasteiger partial charge in [-0.25, -0.2) is 4.98 Å². The Balaban J connectivity index is 1.32. The fraction of sp³-hybridized carbons (Fsp3) is 0.692. The van der Waals surface area contributed by atoms with Crippen LogP contribution >= 0.6 is 0 Å². The molecule has 0 aromatic carbocycles. The largest absolute Gasteiger partial charge is 0.387 e. The normalized spacial score (nSPS) is 25.7. The van der Waals surface area contributed by atoms with Crippen molar-refractivity contribution in [2.75, 3.05) is 13.1 Å². The number of rotatable bonds is 5. The minimum absolute atomic E-state index is 0.215. The van der Waals surface area contributed by atoms with E-state index in [-0.39, 0.29) is 23.4 Å². The molecule has 2 saturated carbocycles. The van der Waals surface area contributed by atoms with E-state index in [9.17, 15) is 14.7 Å². The number of nitrogens with zero attached hydrogens (tertiary/aromatic N) is 4. The van der Waals surface area contributed by atoms with Gasteiger partial charge in [-0.1, -0.05) is 44.9 Å². The second-order valence-electron chi connectivity index (χ2n) is 10.7. The lowest BCUT2D eigenvalue weighted by Gasteiger charge is -2.52. The van der Waals surface area contributed by atoms with Gasteiger partial charge >= 0.3 is 0 Å². The van der Waals surface area contributed by atoms with Crippen molar-refractivity contribution in [3.8, 4) is 0 Å². The number of aliphatic hydroxyl groups is 1. The van der Waals surface area contributed by atoms with E-state index in [1.807, 2.05) is 4.90 Å². The van der Waals surface area contributed by atoms with Crippen LogP contribution in [0.5, 0.6) is 0 Å². The molecule has 2 aromatic rings. The molecule has 1 unspecified atom stereocenters. The van der Waals surface area contributed by atoms with Crippen molar-refractivity contribution >= 4 is 16.9 Å². The predicted molar refractivity (Wildman–Crippen MR) is 127 cm³/mol. The van der Waals surface area contributed by atoms with Crippen LogP contribution in [0.4, 0.5) is 0 Å². The maximum absolute atomic E-state index is 13.1. The van der Waals surface area contributed by atoms with Gasteiger partial charge in [-0.15, -0.1) is 0 Å². The molecule has 178 valence electrons. The predicted octanol–water partition coefficient (Wildman–Crippen LogP) is 3.68. The van der Waals surface area contributed by atoms with Crippen molar-refractivity contribution < 1.29 is 9.90 Å². The highest BCUT2D eigenvalue weighted by Crippen LogP contribution is 2.51. The number of aromatic nitrogens is 3. The average Bonchev–Trinajstić information content (AvgIpc) is 3.32. The van der Waals surface area contributed by atoms with Crippen molar-refractivity contribution in [1.29, 1.82) is 0 Å². The van der Waals surface area contributed by atoms with Crippen molar-refractivity contribution in [2.45, 2.75) is 89.2 Å². The van der Waals surface area contributed by atoms with E-state index < -0.39 is 5.60 Å². The first-order chi connectivity index (χ1) is 16.0. The van der Waals surface area contributed by atoms with Gasteiger partial charge < -0.3 is 14.6 Å². The number of pyridine rings is 1. The number of carbonyl (C=O) groups excluding carboxylic acids is 1. The van der Waals surface area contributed by atoms with Gasteiger partial charge in [-0.3, -0.25) is 14.6 Å². The maximum atomic E-state index is 13.1. The van der Waals surface area contributed by atoms with Crippen LogP contribution in [0.3, 0.4) is 0 Å². The molecule has 0 radical (unpaired) electrons.